The highest BCUT2D eigenvalue weighted by Crippen LogP contribution is 2.34. The quantitative estimate of drug-likeness (QED) is 0.625. The van der Waals surface area contributed by atoms with Gasteiger partial charge in [-0.05, 0) is 19.4 Å². The topological polar surface area (TPSA) is 0 Å². The third kappa shape index (κ3) is 1.55. The van der Waals surface area contributed by atoms with E-state index in [9.17, 15) is 0 Å². The molecule has 66 valence electrons. The van der Waals surface area contributed by atoms with Crippen LogP contribution in [-0.4, -0.2) is 0 Å². The SMILES string of the molecule is Cc1c[p-]c(-c2ccccc2)c1C. The first-order valence-corrected chi connectivity index (χ1v) is 5.39. The van der Waals surface area contributed by atoms with E-state index in [-0.39, 0.29) is 0 Å². The molecule has 2 aromatic rings. The van der Waals surface area contributed by atoms with Gasteiger partial charge in [0.05, 0.1) is 0 Å². The van der Waals surface area contributed by atoms with Crippen LogP contribution in [0, 0.1) is 13.8 Å². The minimum absolute atomic E-state index is 1.34. The van der Waals surface area contributed by atoms with Crippen LogP contribution in [-0.2, 0) is 0 Å². The number of hydrogen-bond donors (Lipinski definition) is 0. The van der Waals surface area contributed by atoms with Gasteiger partial charge in [-0.3, -0.25) is 0 Å². The minimum Gasteiger partial charge on any atom is -0.522 e. The highest BCUT2D eigenvalue weighted by Gasteiger charge is 1.94. The maximum atomic E-state index is 2.28. The lowest BCUT2D eigenvalue weighted by atomic mass is 10.1. The molecule has 1 aromatic heterocycles. The molecule has 0 bridgehead atoms. The van der Waals surface area contributed by atoms with Gasteiger partial charge in [0.2, 0.25) is 0 Å². The molecule has 0 fully saturated rings. The Morgan fingerprint density at radius 1 is 1.00 bits per heavy atom. The van der Waals surface area contributed by atoms with Crippen molar-refractivity contribution in [1.82, 2.24) is 0 Å². The van der Waals surface area contributed by atoms with Crippen molar-refractivity contribution in [3.63, 3.8) is 0 Å². The van der Waals surface area contributed by atoms with Gasteiger partial charge in [-0.25, -0.2) is 5.80 Å². The summed E-state index contributed by atoms with van der Waals surface area (Å²) >= 11 is 0. The van der Waals surface area contributed by atoms with E-state index in [1.54, 1.807) is 0 Å². The van der Waals surface area contributed by atoms with Crippen LogP contribution in [0.15, 0.2) is 36.1 Å². The molecule has 0 atom stereocenters. The van der Waals surface area contributed by atoms with Crippen molar-refractivity contribution in [1.29, 1.82) is 0 Å². The zero-order valence-electron chi connectivity index (χ0n) is 7.91. The summed E-state index contributed by atoms with van der Waals surface area (Å²) < 4.78 is 0. The second-order valence-electron chi connectivity index (χ2n) is 3.28. The minimum atomic E-state index is 1.34. The van der Waals surface area contributed by atoms with Crippen LogP contribution in [0.4, 0.5) is 0 Å². The Morgan fingerprint density at radius 2 is 1.69 bits per heavy atom. The molecule has 13 heavy (non-hydrogen) atoms. The fraction of sp³-hybridized carbons (Fsp3) is 0.167. The monoisotopic (exact) mass is 187 g/mol. The van der Waals surface area contributed by atoms with Crippen LogP contribution in [0.1, 0.15) is 11.1 Å². The van der Waals surface area contributed by atoms with E-state index in [4.69, 9.17) is 0 Å². The van der Waals surface area contributed by atoms with Gasteiger partial charge in [0.25, 0.3) is 0 Å². The Balaban J connectivity index is 2.53. The fourth-order valence-corrected chi connectivity index (χ4v) is 2.61. The normalized spacial score (nSPS) is 10.9. The molecule has 0 radical (unpaired) electrons. The molecule has 0 saturated carbocycles. The summed E-state index contributed by atoms with van der Waals surface area (Å²) in [6, 6.07) is 10.6. The molecule has 0 saturated heterocycles. The summed E-state index contributed by atoms with van der Waals surface area (Å²) in [5.74, 6) is 2.28. The van der Waals surface area contributed by atoms with Crippen LogP contribution in [0.25, 0.3) is 10.9 Å². The largest absolute Gasteiger partial charge is 0.522 e. The summed E-state index contributed by atoms with van der Waals surface area (Å²) in [5, 5.41) is 1.46. The van der Waals surface area contributed by atoms with E-state index in [1.165, 1.54) is 30.2 Å². The molecule has 1 aromatic carbocycles. The molecule has 1 heteroatoms. The Labute approximate surface area is 80.7 Å². The highest BCUT2D eigenvalue weighted by molar-refractivity contribution is 7.33. The van der Waals surface area contributed by atoms with Crippen LogP contribution in [0.5, 0.6) is 0 Å². The number of aryl methyl sites for hydroxylation is 1. The Bertz CT molecular complexity index is 398. The second-order valence-corrected chi connectivity index (χ2v) is 4.24. The molecular weight excluding hydrogens is 175 g/mol. The van der Waals surface area contributed by atoms with Gasteiger partial charge in [-0.1, -0.05) is 41.5 Å². The van der Waals surface area contributed by atoms with Gasteiger partial charge in [0.1, 0.15) is 0 Å². The van der Waals surface area contributed by atoms with E-state index >= 15 is 0 Å². The zero-order valence-corrected chi connectivity index (χ0v) is 8.81. The summed E-state index contributed by atoms with van der Waals surface area (Å²) in [5.41, 5.74) is 4.21. The van der Waals surface area contributed by atoms with Crippen molar-refractivity contribution >= 4 is 8.19 Å². The van der Waals surface area contributed by atoms with Crippen molar-refractivity contribution in [3.05, 3.63) is 47.3 Å². The zero-order chi connectivity index (χ0) is 9.26. The highest BCUT2D eigenvalue weighted by atomic mass is 31.0. The van der Waals surface area contributed by atoms with E-state index in [0.717, 1.165) is 0 Å². The van der Waals surface area contributed by atoms with Gasteiger partial charge in [0.15, 0.2) is 0 Å². The Kier molecular flexibility index (Phi) is 2.24. The molecule has 0 aliphatic heterocycles. The van der Waals surface area contributed by atoms with Crippen molar-refractivity contribution in [2.24, 2.45) is 0 Å². The number of benzene rings is 1. The predicted molar refractivity (Wildman–Crippen MR) is 59.5 cm³/mol. The van der Waals surface area contributed by atoms with Gasteiger partial charge >= 0.3 is 0 Å². The second kappa shape index (κ2) is 3.40. The molecule has 1 heterocycles. The van der Waals surface area contributed by atoms with E-state index in [1.807, 2.05) is 0 Å². The smallest absolute Gasteiger partial charge is 0.0416 e. The van der Waals surface area contributed by atoms with Crippen molar-refractivity contribution < 1.29 is 0 Å². The molecule has 0 N–H and O–H groups in total. The van der Waals surface area contributed by atoms with Gasteiger partial charge in [-0.2, -0.15) is 5.30 Å². The summed E-state index contributed by atoms with van der Waals surface area (Å²) in [4.78, 5) is 0. The van der Waals surface area contributed by atoms with Crippen molar-refractivity contribution in [2.75, 3.05) is 0 Å². The first-order valence-electron chi connectivity index (χ1n) is 4.43. The van der Waals surface area contributed by atoms with Crippen molar-refractivity contribution in [2.45, 2.75) is 13.8 Å². The molecule has 0 amide bonds. The molecule has 0 aliphatic rings. The molecule has 0 nitrogen and oxygen atoms in total. The number of rotatable bonds is 1. The predicted octanol–water partition coefficient (Wildman–Crippen LogP) is 4.27. The number of hydrogen-bond acceptors (Lipinski definition) is 0. The molecular formula is C12H12P-. The molecule has 0 unspecified atom stereocenters. The third-order valence-electron chi connectivity index (χ3n) is 2.38. The molecule has 2 rings (SSSR count). The summed E-state index contributed by atoms with van der Waals surface area (Å²) in [7, 11) is 1.34. The average molecular weight is 187 g/mol. The van der Waals surface area contributed by atoms with E-state index < -0.39 is 0 Å². The first-order chi connectivity index (χ1) is 6.29. The van der Waals surface area contributed by atoms with Crippen LogP contribution in [0.2, 0.25) is 0 Å². The average Bonchev–Trinajstić information content (AvgIpc) is 2.49. The fourth-order valence-electron chi connectivity index (χ4n) is 1.43. The van der Waals surface area contributed by atoms with Gasteiger partial charge < -0.3 is 8.19 Å². The molecule has 0 aliphatic carbocycles. The maximum Gasteiger partial charge on any atom is -0.0416 e. The lowest BCUT2D eigenvalue weighted by molar-refractivity contribution is 1.40. The van der Waals surface area contributed by atoms with E-state index in [2.05, 4.69) is 50.0 Å². The third-order valence-corrected chi connectivity index (χ3v) is 3.75. The van der Waals surface area contributed by atoms with Gasteiger partial charge in [-0.15, -0.1) is 0 Å². The lowest BCUT2D eigenvalue weighted by Gasteiger charge is -2.08. The van der Waals surface area contributed by atoms with Crippen LogP contribution >= 0.6 is 8.19 Å². The summed E-state index contributed by atoms with van der Waals surface area (Å²) in [6.45, 7) is 4.38. The van der Waals surface area contributed by atoms with Gasteiger partial charge in [0, 0.05) is 0 Å². The summed E-state index contributed by atoms with van der Waals surface area (Å²) in [6.07, 6.45) is 0. The lowest BCUT2D eigenvalue weighted by Crippen LogP contribution is -1.76. The van der Waals surface area contributed by atoms with Crippen LogP contribution < -0.4 is 0 Å². The Morgan fingerprint density at radius 3 is 2.23 bits per heavy atom. The van der Waals surface area contributed by atoms with E-state index in [0.29, 0.717) is 0 Å². The maximum absolute atomic E-state index is 2.28. The van der Waals surface area contributed by atoms with Crippen LogP contribution in [0.3, 0.4) is 0 Å². The van der Waals surface area contributed by atoms with Crippen molar-refractivity contribution in [3.8, 4) is 10.9 Å². The Hall–Kier alpha value is -1.00. The first kappa shape index (κ1) is 8.59. The molecule has 0 spiro atoms. The standard InChI is InChI=1S/C12H12P/c1-9-8-13-12(10(9)2)11-6-4-3-5-7-11/h3-8H,1-2H3/q-1.